The molecule has 0 spiro atoms. The molecule has 0 radical (unpaired) electrons. The molecule has 0 saturated carbocycles. The first-order chi connectivity index (χ1) is 14.4. The maximum atomic E-state index is 13.2. The normalized spacial score (nSPS) is 20.6. The molecule has 2 aromatic carbocycles. The summed E-state index contributed by atoms with van der Waals surface area (Å²) in [5.41, 5.74) is 2.78. The van der Waals surface area contributed by atoms with Gasteiger partial charge in [0.2, 0.25) is 5.82 Å². The number of nitrogens with zero attached hydrogens (tertiary/aromatic N) is 3. The lowest BCUT2D eigenvalue weighted by atomic mass is 9.93. The van der Waals surface area contributed by atoms with Gasteiger partial charge < -0.3 is 14.7 Å². The number of aromatic nitrogens is 2. The minimum atomic E-state index is -4.71. The molecule has 6 nitrogen and oxygen atoms in total. The molecule has 0 aliphatic carbocycles. The molecule has 1 fully saturated rings. The summed E-state index contributed by atoms with van der Waals surface area (Å²) in [7, 11) is 0. The number of rotatable bonds is 3. The van der Waals surface area contributed by atoms with E-state index in [4.69, 9.17) is 0 Å². The van der Waals surface area contributed by atoms with E-state index in [-0.39, 0.29) is 36.1 Å². The molecule has 31 heavy (non-hydrogen) atoms. The highest BCUT2D eigenvalue weighted by Crippen LogP contribution is 2.35. The number of hydrogen-bond acceptors (Lipinski definition) is 5. The number of benzene rings is 2. The van der Waals surface area contributed by atoms with Gasteiger partial charge in [-0.3, -0.25) is 4.79 Å². The van der Waals surface area contributed by atoms with Crippen LogP contribution in [-0.2, 0) is 12.7 Å². The third-order valence-corrected chi connectivity index (χ3v) is 5.68. The molecule has 3 aromatic rings. The Morgan fingerprint density at radius 3 is 2.58 bits per heavy atom. The maximum absolute atomic E-state index is 13.2. The first-order valence-corrected chi connectivity index (χ1v) is 9.52. The van der Waals surface area contributed by atoms with E-state index in [0.717, 1.165) is 12.1 Å². The highest BCUT2D eigenvalue weighted by atomic mass is 35.5. The highest BCUT2D eigenvalue weighted by Gasteiger charge is 2.41. The SMILES string of the molecule is Cl.O=C1c2cc(-c3noc(C(F)(F)F)n3)ccc2CN1[C@H]1CNC[C@@H]1c1ccccc1. The molecule has 0 unspecified atom stereocenters. The van der Waals surface area contributed by atoms with Crippen molar-refractivity contribution >= 4 is 18.3 Å². The molecule has 2 aliphatic heterocycles. The standard InChI is InChI=1S/C21H17F3N4O2.ClH/c22-21(23,24)20-26-18(27-30-20)13-6-7-14-11-28(19(29)15(14)8-13)17-10-25-9-16(17)12-4-2-1-3-5-12;/h1-8,16-17,25H,9-11H2;1H/t16-,17+;/m1./s1. The molecule has 3 heterocycles. The van der Waals surface area contributed by atoms with Crippen LogP contribution in [0.25, 0.3) is 11.4 Å². The predicted octanol–water partition coefficient (Wildman–Crippen LogP) is 3.89. The Kier molecular flexibility index (Phi) is 5.49. The molecule has 5 rings (SSSR count). The van der Waals surface area contributed by atoms with Crippen LogP contribution in [0.1, 0.15) is 33.3 Å². The van der Waals surface area contributed by atoms with Gasteiger partial charge in [-0.2, -0.15) is 18.2 Å². The number of amides is 1. The first-order valence-electron chi connectivity index (χ1n) is 9.52. The summed E-state index contributed by atoms with van der Waals surface area (Å²) in [5.74, 6) is -1.56. The summed E-state index contributed by atoms with van der Waals surface area (Å²) >= 11 is 0. The van der Waals surface area contributed by atoms with Gasteiger partial charge in [0.25, 0.3) is 5.91 Å². The molecule has 1 amide bonds. The van der Waals surface area contributed by atoms with Crippen molar-refractivity contribution in [3.8, 4) is 11.4 Å². The van der Waals surface area contributed by atoms with E-state index in [0.29, 0.717) is 24.2 Å². The Labute approximate surface area is 181 Å². The minimum absolute atomic E-state index is 0. The van der Waals surface area contributed by atoms with Gasteiger partial charge in [-0.05, 0) is 17.2 Å². The van der Waals surface area contributed by atoms with E-state index in [1.807, 2.05) is 23.1 Å². The van der Waals surface area contributed by atoms with Crippen molar-refractivity contribution in [1.29, 1.82) is 0 Å². The Balaban J connectivity index is 0.00000231. The second kappa shape index (κ2) is 7.97. The predicted molar refractivity (Wildman–Crippen MR) is 108 cm³/mol. The van der Waals surface area contributed by atoms with Crippen molar-refractivity contribution in [1.82, 2.24) is 20.4 Å². The Hall–Kier alpha value is -2.91. The molecule has 162 valence electrons. The van der Waals surface area contributed by atoms with Crippen LogP contribution in [0.15, 0.2) is 53.1 Å². The fourth-order valence-electron chi connectivity index (χ4n) is 4.22. The van der Waals surface area contributed by atoms with Gasteiger partial charge in [-0.1, -0.05) is 47.6 Å². The lowest BCUT2D eigenvalue weighted by molar-refractivity contribution is -0.159. The van der Waals surface area contributed by atoms with Crippen molar-refractivity contribution in [2.24, 2.45) is 0 Å². The van der Waals surface area contributed by atoms with Gasteiger partial charge in [-0.15, -0.1) is 12.4 Å². The molecule has 2 aliphatic rings. The van der Waals surface area contributed by atoms with E-state index in [1.54, 1.807) is 18.2 Å². The minimum Gasteiger partial charge on any atom is -0.329 e. The van der Waals surface area contributed by atoms with Crippen molar-refractivity contribution in [3.05, 3.63) is 71.1 Å². The number of carbonyl (C=O) groups is 1. The third-order valence-electron chi connectivity index (χ3n) is 5.68. The average Bonchev–Trinajstić information content (AvgIpc) is 3.47. The van der Waals surface area contributed by atoms with Crippen LogP contribution in [0.4, 0.5) is 13.2 Å². The number of carbonyl (C=O) groups excluding carboxylic acids is 1. The van der Waals surface area contributed by atoms with Gasteiger partial charge >= 0.3 is 12.1 Å². The topological polar surface area (TPSA) is 71.3 Å². The largest absolute Gasteiger partial charge is 0.471 e. The lowest BCUT2D eigenvalue weighted by Gasteiger charge is -2.29. The van der Waals surface area contributed by atoms with E-state index in [1.165, 1.54) is 5.56 Å². The highest BCUT2D eigenvalue weighted by molar-refractivity contribution is 5.99. The zero-order valence-electron chi connectivity index (χ0n) is 16.1. The molecule has 1 saturated heterocycles. The summed E-state index contributed by atoms with van der Waals surface area (Å²) in [6.07, 6.45) is -4.71. The zero-order chi connectivity index (χ0) is 20.9. The van der Waals surface area contributed by atoms with Crippen LogP contribution in [-0.4, -0.2) is 40.1 Å². The van der Waals surface area contributed by atoms with Gasteiger partial charge in [0.05, 0.1) is 6.04 Å². The first kappa shape index (κ1) is 21.3. The van der Waals surface area contributed by atoms with Crippen LogP contribution < -0.4 is 5.32 Å². The zero-order valence-corrected chi connectivity index (χ0v) is 16.9. The van der Waals surface area contributed by atoms with Crippen LogP contribution >= 0.6 is 12.4 Å². The van der Waals surface area contributed by atoms with Crippen LogP contribution in [0.3, 0.4) is 0 Å². The Morgan fingerprint density at radius 2 is 1.87 bits per heavy atom. The number of alkyl halides is 3. The van der Waals surface area contributed by atoms with Gasteiger partial charge in [-0.25, -0.2) is 0 Å². The fourth-order valence-corrected chi connectivity index (χ4v) is 4.22. The smallest absolute Gasteiger partial charge is 0.329 e. The molecular formula is C21H18ClF3N4O2. The second-order valence-electron chi connectivity index (χ2n) is 7.47. The van der Waals surface area contributed by atoms with E-state index in [2.05, 4.69) is 32.1 Å². The Bertz CT molecular complexity index is 1100. The van der Waals surface area contributed by atoms with Crippen molar-refractivity contribution in [3.63, 3.8) is 0 Å². The summed E-state index contributed by atoms with van der Waals surface area (Å²) in [5, 5.41) is 6.78. The number of halogens is 4. The van der Waals surface area contributed by atoms with Crippen LogP contribution in [0.2, 0.25) is 0 Å². The summed E-state index contributed by atoms with van der Waals surface area (Å²) in [6, 6.07) is 14.9. The van der Waals surface area contributed by atoms with Crippen LogP contribution in [0, 0.1) is 0 Å². The van der Waals surface area contributed by atoms with E-state index in [9.17, 15) is 18.0 Å². The maximum Gasteiger partial charge on any atom is 0.471 e. The summed E-state index contributed by atoms with van der Waals surface area (Å²) in [4.78, 5) is 18.4. The number of hydrogen-bond donors (Lipinski definition) is 1. The van der Waals surface area contributed by atoms with Crippen molar-refractivity contribution in [2.75, 3.05) is 13.1 Å². The van der Waals surface area contributed by atoms with Crippen LogP contribution in [0.5, 0.6) is 0 Å². The number of nitrogens with one attached hydrogen (secondary N) is 1. The van der Waals surface area contributed by atoms with Crippen molar-refractivity contribution < 1.29 is 22.5 Å². The van der Waals surface area contributed by atoms with E-state index < -0.39 is 12.1 Å². The quantitative estimate of drug-likeness (QED) is 0.655. The lowest BCUT2D eigenvalue weighted by Crippen LogP contribution is -2.40. The monoisotopic (exact) mass is 450 g/mol. The second-order valence-corrected chi connectivity index (χ2v) is 7.47. The van der Waals surface area contributed by atoms with Gasteiger partial charge in [0.15, 0.2) is 0 Å². The summed E-state index contributed by atoms with van der Waals surface area (Å²) < 4.78 is 42.5. The Morgan fingerprint density at radius 1 is 1.10 bits per heavy atom. The van der Waals surface area contributed by atoms with E-state index >= 15 is 0 Å². The molecule has 2 atom stereocenters. The molecule has 10 heteroatoms. The molecule has 0 bridgehead atoms. The molecule has 1 aromatic heterocycles. The average molecular weight is 451 g/mol. The number of fused-ring (bicyclic) bond motifs is 1. The molecular weight excluding hydrogens is 433 g/mol. The third kappa shape index (κ3) is 3.79. The fraction of sp³-hybridized carbons (Fsp3) is 0.286. The van der Waals surface area contributed by atoms with Gasteiger partial charge in [0, 0.05) is 36.7 Å². The molecule has 1 N–H and O–H groups in total. The van der Waals surface area contributed by atoms with Gasteiger partial charge in [0.1, 0.15) is 0 Å². The summed E-state index contributed by atoms with van der Waals surface area (Å²) in [6.45, 7) is 1.93. The van der Waals surface area contributed by atoms with Crippen molar-refractivity contribution in [2.45, 2.75) is 24.7 Å².